The van der Waals surface area contributed by atoms with Crippen molar-refractivity contribution >= 4 is 41.7 Å². The number of nitrogens with two attached hydrogens (primary N) is 1. The number of nitrogens with zero attached hydrogens (tertiary/aromatic N) is 3. The molecule has 4 N–H and O–H groups in total. The van der Waals surface area contributed by atoms with Gasteiger partial charge in [-0.05, 0) is 50.5 Å². The van der Waals surface area contributed by atoms with Crippen LogP contribution in [0.25, 0.3) is 0 Å². The molecule has 2 aromatic rings. The standard InChI is InChI=1S/C24H34N6O2.HI/c1-17-6-4-8-21(14-17)32-18(2)15-28-24(26-3)29-16-20-7-5-11-27-23(20)30-12-9-19(10-13-30)22(25)31;/h4-8,11,14,18-19H,9-10,12-13,15-16H2,1-3H3,(H2,25,31)(H2,26,28,29);1H. The monoisotopic (exact) mass is 566 g/mol. The van der Waals surface area contributed by atoms with E-state index in [4.69, 9.17) is 10.5 Å². The zero-order chi connectivity index (χ0) is 22.9. The number of anilines is 1. The number of hydrogen-bond acceptors (Lipinski definition) is 5. The number of carbonyl (C=O) groups is 1. The molecule has 33 heavy (non-hydrogen) atoms. The van der Waals surface area contributed by atoms with E-state index in [0.717, 1.165) is 43.1 Å². The van der Waals surface area contributed by atoms with Crippen molar-refractivity contribution in [2.45, 2.75) is 39.3 Å². The number of hydrogen-bond donors (Lipinski definition) is 3. The molecule has 0 bridgehead atoms. The van der Waals surface area contributed by atoms with Gasteiger partial charge in [-0.1, -0.05) is 18.2 Å². The van der Waals surface area contributed by atoms with E-state index < -0.39 is 0 Å². The predicted octanol–water partition coefficient (Wildman–Crippen LogP) is 2.84. The molecule has 8 nitrogen and oxygen atoms in total. The number of piperidine rings is 1. The lowest BCUT2D eigenvalue weighted by Gasteiger charge is -2.32. The first-order valence-electron chi connectivity index (χ1n) is 11.1. The highest BCUT2D eigenvalue weighted by Gasteiger charge is 2.25. The summed E-state index contributed by atoms with van der Waals surface area (Å²) in [6.45, 7) is 6.84. The molecule has 1 aliphatic rings. The second-order valence-corrected chi connectivity index (χ2v) is 8.20. The van der Waals surface area contributed by atoms with Crippen LogP contribution in [0, 0.1) is 12.8 Å². The molecule has 1 atom stereocenters. The topological polar surface area (TPSA) is 105 Å². The minimum atomic E-state index is -0.206. The van der Waals surface area contributed by atoms with E-state index in [1.54, 1.807) is 13.2 Å². The highest BCUT2D eigenvalue weighted by molar-refractivity contribution is 14.0. The molecule has 1 unspecified atom stereocenters. The number of nitrogens with one attached hydrogen (secondary N) is 2. The Kier molecular flexibility index (Phi) is 10.7. The summed E-state index contributed by atoms with van der Waals surface area (Å²) in [7, 11) is 1.75. The van der Waals surface area contributed by atoms with Gasteiger partial charge in [0.1, 0.15) is 17.7 Å². The second kappa shape index (κ2) is 13.2. The summed E-state index contributed by atoms with van der Waals surface area (Å²) < 4.78 is 5.98. The van der Waals surface area contributed by atoms with Crippen LogP contribution in [0.15, 0.2) is 47.6 Å². The Hall–Kier alpha value is -2.56. The van der Waals surface area contributed by atoms with Gasteiger partial charge in [0.15, 0.2) is 5.96 Å². The first-order chi connectivity index (χ1) is 15.5. The van der Waals surface area contributed by atoms with Crippen molar-refractivity contribution < 1.29 is 9.53 Å². The molecule has 1 saturated heterocycles. The number of halogens is 1. The van der Waals surface area contributed by atoms with Crippen LogP contribution in [0.5, 0.6) is 5.75 Å². The molecule has 1 amide bonds. The molecule has 0 spiro atoms. The molecule has 180 valence electrons. The van der Waals surface area contributed by atoms with Crippen molar-refractivity contribution in [2.24, 2.45) is 16.6 Å². The molecule has 9 heteroatoms. The summed E-state index contributed by atoms with van der Waals surface area (Å²) in [4.78, 5) is 22.6. The zero-order valence-electron chi connectivity index (χ0n) is 19.6. The maximum absolute atomic E-state index is 11.5. The van der Waals surface area contributed by atoms with Crippen LogP contribution in [0.4, 0.5) is 5.82 Å². The number of rotatable bonds is 8. The number of pyridine rings is 1. The minimum Gasteiger partial charge on any atom is -0.489 e. The van der Waals surface area contributed by atoms with Crippen molar-refractivity contribution in [3.63, 3.8) is 0 Å². The molecule has 3 rings (SSSR count). The summed E-state index contributed by atoms with van der Waals surface area (Å²) in [6.07, 6.45) is 3.31. The van der Waals surface area contributed by atoms with Crippen molar-refractivity contribution in [2.75, 3.05) is 31.6 Å². The Bertz CT molecular complexity index is 931. The third kappa shape index (κ3) is 8.06. The van der Waals surface area contributed by atoms with E-state index in [9.17, 15) is 4.79 Å². The van der Waals surface area contributed by atoms with Crippen molar-refractivity contribution in [1.29, 1.82) is 0 Å². The Morgan fingerprint density at radius 2 is 2.03 bits per heavy atom. The third-order valence-electron chi connectivity index (χ3n) is 5.62. The van der Waals surface area contributed by atoms with E-state index in [0.29, 0.717) is 19.0 Å². The fourth-order valence-corrected chi connectivity index (χ4v) is 3.83. The molecule has 1 aliphatic heterocycles. The van der Waals surface area contributed by atoms with Gasteiger partial charge >= 0.3 is 0 Å². The number of benzene rings is 1. The van der Waals surface area contributed by atoms with Gasteiger partial charge in [-0.3, -0.25) is 9.79 Å². The van der Waals surface area contributed by atoms with Gasteiger partial charge in [0.2, 0.25) is 5.91 Å². The fraction of sp³-hybridized carbons (Fsp3) is 0.458. The normalized spacial score (nSPS) is 15.4. The molecule has 1 fully saturated rings. The molecular weight excluding hydrogens is 531 g/mol. The maximum atomic E-state index is 11.5. The lowest BCUT2D eigenvalue weighted by molar-refractivity contribution is -0.122. The average Bonchev–Trinajstić information content (AvgIpc) is 2.79. The van der Waals surface area contributed by atoms with E-state index in [-0.39, 0.29) is 41.9 Å². The molecule has 0 aliphatic carbocycles. The van der Waals surface area contributed by atoms with Gasteiger partial charge in [-0.15, -0.1) is 24.0 Å². The molecule has 1 aromatic heterocycles. The minimum absolute atomic E-state index is 0. The lowest BCUT2D eigenvalue weighted by Crippen LogP contribution is -2.42. The van der Waals surface area contributed by atoms with Crippen LogP contribution < -0.4 is 26.0 Å². The van der Waals surface area contributed by atoms with Crippen molar-refractivity contribution in [3.8, 4) is 5.75 Å². The number of primary amides is 1. The fourth-order valence-electron chi connectivity index (χ4n) is 3.83. The van der Waals surface area contributed by atoms with Crippen LogP contribution in [0.3, 0.4) is 0 Å². The number of guanidine groups is 1. The van der Waals surface area contributed by atoms with E-state index in [2.05, 4.69) is 31.6 Å². The smallest absolute Gasteiger partial charge is 0.220 e. The van der Waals surface area contributed by atoms with Crippen LogP contribution in [0.2, 0.25) is 0 Å². The second-order valence-electron chi connectivity index (χ2n) is 8.20. The Morgan fingerprint density at radius 1 is 1.27 bits per heavy atom. The van der Waals surface area contributed by atoms with E-state index in [1.807, 2.05) is 44.2 Å². The Labute approximate surface area is 213 Å². The van der Waals surface area contributed by atoms with Gasteiger partial charge in [0.25, 0.3) is 0 Å². The average molecular weight is 566 g/mol. The first-order valence-corrected chi connectivity index (χ1v) is 11.1. The van der Waals surface area contributed by atoms with Crippen LogP contribution >= 0.6 is 24.0 Å². The van der Waals surface area contributed by atoms with E-state index >= 15 is 0 Å². The van der Waals surface area contributed by atoms with Crippen LogP contribution in [-0.2, 0) is 11.3 Å². The van der Waals surface area contributed by atoms with Crippen molar-refractivity contribution in [1.82, 2.24) is 15.6 Å². The molecule has 0 saturated carbocycles. The first kappa shape index (κ1) is 26.7. The highest BCUT2D eigenvalue weighted by Crippen LogP contribution is 2.24. The third-order valence-corrected chi connectivity index (χ3v) is 5.62. The van der Waals surface area contributed by atoms with Crippen molar-refractivity contribution in [3.05, 3.63) is 53.7 Å². The molecule has 1 aromatic carbocycles. The number of carbonyl (C=O) groups excluding carboxylic acids is 1. The zero-order valence-corrected chi connectivity index (χ0v) is 21.9. The molecule has 0 radical (unpaired) electrons. The highest BCUT2D eigenvalue weighted by atomic mass is 127. The Balaban J connectivity index is 0.00000385. The summed E-state index contributed by atoms with van der Waals surface area (Å²) in [5.41, 5.74) is 7.72. The van der Waals surface area contributed by atoms with E-state index in [1.165, 1.54) is 5.56 Å². The summed E-state index contributed by atoms with van der Waals surface area (Å²) >= 11 is 0. The van der Waals surface area contributed by atoms with Crippen LogP contribution in [-0.4, -0.2) is 49.6 Å². The summed E-state index contributed by atoms with van der Waals surface area (Å²) in [5, 5.41) is 6.68. The predicted molar refractivity (Wildman–Crippen MR) is 143 cm³/mol. The summed E-state index contributed by atoms with van der Waals surface area (Å²) in [6, 6.07) is 12.0. The van der Waals surface area contributed by atoms with Gasteiger partial charge < -0.3 is 26.0 Å². The quantitative estimate of drug-likeness (QED) is 0.258. The number of ether oxygens (including phenoxy) is 1. The lowest BCUT2D eigenvalue weighted by atomic mass is 9.96. The van der Waals surface area contributed by atoms with Gasteiger partial charge in [-0.2, -0.15) is 0 Å². The number of aryl methyl sites for hydroxylation is 1. The molecule has 2 heterocycles. The number of amides is 1. The Morgan fingerprint density at radius 3 is 2.70 bits per heavy atom. The van der Waals surface area contributed by atoms with Gasteiger partial charge in [0.05, 0.1) is 6.54 Å². The van der Waals surface area contributed by atoms with Gasteiger partial charge in [-0.25, -0.2) is 4.98 Å². The maximum Gasteiger partial charge on any atom is 0.220 e. The van der Waals surface area contributed by atoms with Crippen LogP contribution in [0.1, 0.15) is 30.9 Å². The number of aromatic nitrogens is 1. The SMILES string of the molecule is CN=C(NCc1cccnc1N1CCC(C(N)=O)CC1)NCC(C)Oc1cccc(C)c1.I. The largest absolute Gasteiger partial charge is 0.489 e. The molecular formula is C24H35IN6O2. The number of aliphatic imine (C=N–C) groups is 1. The van der Waals surface area contributed by atoms with Gasteiger partial charge in [0, 0.05) is 44.4 Å². The summed E-state index contributed by atoms with van der Waals surface area (Å²) in [5.74, 6) is 2.26.